The zero-order valence-electron chi connectivity index (χ0n) is 9.95. The zero-order chi connectivity index (χ0) is 13.4. The smallest absolute Gasteiger partial charge is 0.282 e. The third kappa shape index (κ3) is 1.88. The van der Waals surface area contributed by atoms with Gasteiger partial charge < -0.3 is 5.11 Å². The van der Waals surface area contributed by atoms with Crippen molar-refractivity contribution in [2.75, 3.05) is 5.06 Å². The van der Waals surface area contributed by atoms with Gasteiger partial charge in [-0.15, -0.1) is 0 Å². The molecule has 0 atom stereocenters. The average Bonchev–Trinajstić information content (AvgIpc) is 2.67. The van der Waals surface area contributed by atoms with Crippen molar-refractivity contribution in [2.24, 2.45) is 0 Å². The molecule has 0 spiro atoms. The highest BCUT2D eigenvalue weighted by Crippen LogP contribution is 2.36. The number of rotatable bonds is 1. The van der Waals surface area contributed by atoms with Crippen LogP contribution in [-0.2, 0) is 4.79 Å². The number of phenols is 1. The minimum absolute atomic E-state index is 0.170. The molecule has 1 heterocycles. The Bertz CT molecular complexity index is 674. The first-order valence-electron chi connectivity index (χ1n) is 5.80. The van der Waals surface area contributed by atoms with Crippen LogP contribution in [0.15, 0.2) is 48.5 Å². The quantitative estimate of drug-likeness (QED) is 0.606. The molecule has 1 aliphatic heterocycles. The Morgan fingerprint density at radius 1 is 1.00 bits per heavy atom. The third-order valence-corrected chi connectivity index (χ3v) is 3.05. The molecule has 0 saturated heterocycles. The molecule has 4 heteroatoms. The highest BCUT2D eigenvalue weighted by molar-refractivity contribution is 6.34. The van der Waals surface area contributed by atoms with Crippen LogP contribution in [0.5, 0.6) is 5.75 Å². The van der Waals surface area contributed by atoms with E-state index in [-0.39, 0.29) is 5.75 Å². The number of benzene rings is 2. The molecule has 2 aromatic rings. The number of aromatic hydroxyl groups is 1. The van der Waals surface area contributed by atoms with Crippen molar-refractivity contribution >= 4 is 23.2 Å². The number of nitrogens with zero attached hydrogens (tertiary/aromatic N) is 1. The lowest BCUT2D eigenvalue weighted by Gasteiger charge is -2.05. The van der Waals surface area contributed by atoms with Crippen LogP contribution in [0.25, 0.3) is 11.6 Å². The number of para-hydroxylation sites is 1. The first-order valence-corrected chi connectivity index (χ1v) is 5.80. The molecule has 0 fully saturated rings. The molecule has 0 radical (unpaired) electrons. The van der Waals surface area contributed by atoms with Gasteiger partial charge in [0.1, 0.15) is 5.75 Å². The molecule has 1 aliphatic rings. The maximum absolute atomic E-state index is 12.0. The molecule has 4 nitrogen and oxygen atoms in total. The summed E-state index contributed by atoms with van der Waals surface area (Å²) in [5.41, 5.74) is 2.40. The summed E-state index contributed by atoms with van der Waals surface area (Å²) < 4.78 is 0. The van der Waals surface area contributed by atoms with Gasteiger partial charge in [0.25, 0.3) is 5.91 Å². The van der Waals surface area contributed by atoms with Crippen LogP contribution >= 0.6 is 0 Å². The molecule has 19 heavy (non-hydrogen) atoms. The van der Waals surface area contributed by atoms with Gasteiger partial charge in [0.15, 0.2) is 0 Å². The number of hydroxylamine groups is 1. The van der Waals surface area contributed by atoms with Crippen molar-refractivity contribution in [1.82, 2.24) is 0 Å². The molecule has 3 rings (SSSR count). The van der Waals surface area contributed by atoms with E-state index in [0.29, 0.717) is 21.9 Å². The molecule has 0 aromatic heterocycles. The fourth-order valence-corrected chi connectivity index (χ4v) is 2.10. The molecular weight excluding hydrogens is 242 g/mol. The lowest BCUT2D eigenvalue weighted by molar-refractivity contribution is -0.117. The predicted molar refractivity (Wildman–Crippen MR) is 71.7 cm³/mol. The summed E-state index contributed by atoms with van der Waals surface area (Å²) in [6.07, 6.45) is 1.69. The Morgan fingerprint density at radius 2 is 1.68 bits per heavy atom. The number of hydrogen-bond donors (Lipinski definition) is 2. The minimum atomic E-state index is -0.450. The number of phenolic OH excluding ortho intramolecular Hbond substituents is 1. The van der Waals surface area contributed by atoms with Gasteiger partial charge in [0.05, 0.1) is 11.3 Å². The maximum atomic E-state index is 12.0. The van der Waals surface area contributed by atoms with E-state index in [2.05, 4.69) is 0 Å². The summed E-state index contributed by atoms with van der Waals surface area (Å²) in [6.45, 7) is 0. The second kappa shape index (κ2) is 4.26. The third-order valence-electron chi connectivity index (χ3n) is 3.05. The Hall–Kier alpha value is -2.59. The summed E-state index contributed by atoms with van der Waals surface area (Å²) in [6, 6.07) is 13.6. The zero-order valence-corrected chi connectivity index (χ0v) is 9.95. The van der Waals surface area contributed by atoms with Crippen LogP contribution in [0, 0.1) is 0 Å². The largest absolute Gasteiger partial charge is 0.508 e. The first-order chi connectivity index (χ1) is 9.16. The fourth-order valence-electron chi connectivity index (χ4n) is 2.10. The topological polar surface area (TPSA) is 60.8 Å². The van der Waals surface area contributed by atoms with Gasteiger partial charge >= 0.3 is 0 Å². The van der Waals surface area contributed by atoms with Gasteiger partial charge in [-0.05, 0) is 29.8 Å². The lowest BCUT2D eigenvalue weighted by Crippen LogP contribution is -2.21. The Balaban J connectivity index is 2.10. The van der Waals surface area contributed by atoms with Crippen LogP contribution < -0.4 is 5.06 Å². The van der Waals surface area contributed by atoms with Gasteiger partial charge in [-0.3, -0.25) is 10.0 Å². The van der Waals surface area contributed by atoms with E-state index in [1.807, 2.05) is 6.07 Å². The van der Waals surface area contributed by atoms with Gasteiger partial charge in [-0.1, -0.05) is 30.3 Å². The van der Waals surface area contributed by atoms with Crippen molar-refractivity contribution in [3.8, 4) is 5.75 Å². The van der Waals surface area contributed by atoms with Gasteiger partial charge in [-0.2, -0.15) is 5.06 Å². The van der Waals surface area contributed by atoms with Gasteiger partial charge in [-0.25, -0.2) is 0 Å². The normalized spacial score (nSPS) is 15.9. The molecule has 94 valence electrons. The number of fused-ring (bicyclic) bond motifs is 1. The van der Waals surface area contributed by atoms with Crippen molar-refractivity contribution in [2.45, 2.75) is 0 Å². The monoisotopic (exact) mass is 253 g/mol. The summed E-state index contributed by atoms with van der Waals surface area (Å²) in [4.78, 5) is 12.0. The van der Waals surface area contributed by atoms with E-state index in [1.54, 1.807) is 48.5 Å². The van der Waals surface area contributed by atoms with Gasteiger partial charge in [0.2, 0.25) is 0 Å². The maximum Gasteiger partial charge on any atom is 0.282 e. The molecular formula is C15H11NO3. The molecule has 0 aliphatic carbocycles. The Morgan fingerprint density at radius 3 is 2.42 bits per heavy atom. The molecule has 2 aromatic carbocycles. The number of hydrogen-bond acceptors (Lipinski definition) is 3. The highest BCUT2D eigenvalue weighted by atomic mass is 16.5. The van der Waals surface area contributed by atoms with E-state index in [4.69, 9.17) is 0 Å². The van der Waals surface area contributed by atoms with Crippen LogP contribution in [-0.4, -0.2) is 16.2 Å². The second-order valence-corrected chi connectivity index (χ2v) is 4.28. The van der Waals surface area contributed by atoms with E-state index in [9.17, 15) is 15.1 Å². The summed E-state index contributed by atoms with van der Waals surface area (Å²) in [5, 5.41) is 19.6. The van der Waals surface area contributed by atoms with Crippen LogP contribution in [0.2, 0.25) is 0 Å². The van der Waals surface area contributed by atoms with Crippen LogP contribution in [0.1, 0.15) is 11.1 Å². The molecule has 2 N–H and O–H groups in total. The summed E-state index contributed by atoms with van der Waals surface area (Å²) >= 11 is 0. The van der Waals surface area contributed by atoms with Crippen LogP contribution in [0.3, 0.4) is 0 Å². The summed E-state index contributed by atoms with van der Waals surface area (Å²) in [5.74, 6) is -0.279. The fraction of sp³-hybridized carbons (Fsp3) is 0. The van der Waals surface area contributed by atoms with Gasteiger partial charge in [0, 0.05) is 5.56 Å². The van der Waals surface area contributed by atoms with Crippen LogP contribution in [0.4, 0.5) is 5.69 Å². The molecule has 1 amide bonds. The number of carbonyl (C=O) groups excluding carboxylic acids is 1. The number of amides is 1. The standard InChI is InChI=1S/C15H11NO3/c17-11-7-5-10(6-8-11)9-13-12-3-1-2-4-14(12)16(19)15(13)18/h1-9,17,19H/b13-9-. The Kier molecular flexibility index (Phi) is 2.58. The minimum Gasteiger partial charge on any atom is -0.508 e. The van der Waals surface area contributed by atoms with Crippen molar-refractivity contribution < 1.29 is 15.1 Å². The van der Waals surface area contributed by atoms with Crippen molar-refractivity contribution in [3.05, 3.63) is 59.7 Å². The predicted octanol–water partition coefficient (Wildman–Crippen LogP) is 2.67. The average molecular weight is 253 g/mol. The Labute approximate surface area is 109 Å². The summed E-state index contributed by atoms with van der Waals surface area (Å²) in [7, 11) is 0. The number of carbonyl (C=O) groups is 1. The molecule has 0 unspecified atom stereocenters. The van der Waals surface area contributed by atoms with Crippen molar-refractivity contribution in [1.29, 1.82) is 0 Å². The highest BCUT2D eigenvalue weighted by Gasteiger charge is 2.30. The van der Waals surface area contributed by atoms with Crippen molar-refractivity contribution in [3.63, 3.8) is 0 Å². The second-order valence-electron chi connectivity index (χ2n) is 4.28. The lowest BCUT2D eigenvalue weighted by atomic mass is 10.0. The van der Waals surface area contributed by atoms with E-state index >= 15 is 0 Å². The number of anilines is 1. The SMILES string of the molecule is O=C1/C(=C\c2ccc(O)cc2)c2ccccc2N1O. The first kappa shape index (κ1) is 11.5. The van der Waals surface area contributed by atoms with E-state index in [0.717, 1.165) is 5.56 Å². The van der Waals surface area contributed by atoms with E-state index < -0.39 is 5.91 Å². The van der Waals surface area contributed by atoms with E-state index in [1.165, 1.54) is 0 Å². The molecule has 0 saturated carbocycles. The molecule has 0 bridgehead atoms.